The zero-order valence-electron chi connectivity index (χ0n) is 15.6. The highest BCUT2D eigenvalue weighted by atomic mass is 35.5. The molecule has 0 radical (unpaired) electrons. The van der Waals surface area contributed by atoms with Crippen LogP contribution in [0, 0.1) is 0 Å². The third kappa shape index (κ3) is 5.42. The quantitative estimate of drug-likeness (QED) is 0.275. The van der Waals surface area contributed by atoms with Crippen molar-refractivity contribution >= 4 is 23.4 Å². The fourth-order valence-corrected chi connectivity index (χ4v) is 3.59. The van der Waals surface area contributed by atoms with Crippen LogP contribution in [0.4, 0.5) is 0 Å². The van der Waals surface area contributed by atoms with E-state index in [0.29, 0.717) is 22.0 Å². The molecule has 4 aromatic rings. The molecule has 0 bridgehead atoms. The van der Waals surface area contributed by atoms with Gasteiger partial charge in [-0.25, -0.2) is 0 Å². The number of benzene rings is 2. The van der Waals surface area contributed by atoms with Gasteiger partial charge in [0.2, 0.25) is 11.7 Å². The summed E-state index contributed by atoms with van der Waals surface area (Å²) in [5, 5.41) is 22.1. The average Bonchev–Trinajstić information content (AvgIpc) is 3.42. The van der Waals surface area contributed by atoms with Crippen LogP contribution in [0.25, 0.3) is 22.8 Å². The fourth-order valence-electron chi connectivity index (χ4n) is 2.71. The Morgan fingerprint density at radius 2 is 1.69 bits per heavy atom. The summed E-state index contributed by atoms with van der Waals surface area (Å²) in [4.78, 5) is 1.66. The lowest BCUT2D eigenvalue weighted by atomic mass is 10.2. The monoisotopic (exact) mass is 426 g/mol. The summed E-state index contributed by atoms with van der Waals surface area (Å²) < 4.78 is 5.70. The lowest BCUT2D eigenvalue weighted by molar-refractivity contribution is 0.465. The number of aromatic nitrogens is 6. The van der Waals surface area contributed by atoms with E-state index in [-0.39, 0.29) is 0 Å². The zero-order valence-corrected chi connectivity index (χ0v) is 17.2. The first-order valence-electron chi connectivity index (χ1n) is 9.33. The predicted octanol–water partition coefficient (Wildman–Crippen LogP) is 5.01. The topological polar surface area (TPSA) is 82.5 Å². The molecule has 0 aliphatic rings. The molecule has 0 atom stereocenters. The SMILES string of the molecule is Clc1ccc(-c2nnc(SCCCCCn3nnc(-c4ccccc4)n3)o2)cc1. The van der Waals surface area contributed by atoms with Crippen LogP contribution in [0.15, 0.2) is 64.2 Å². The van der Waals surface area contributed by atoms with Gasteiger partial charge in [0.15, 0.2) is 0 Å². The second kappa shape index (κ2) is 9.67. The van der Waals surface area contributed by atoms with Crippen LogP contribution < -0.4 is 0 Å². The molecule has 2 heterocycles. The highest BCUT2D eigenvalue weighted by Crippen LogP contribution is 2.25. The van der Waals surface area contributed by atoms with Crippen molar-refractivity contribution < 1.29 is 4.42 Å². The Morgan fingerprint density at radius 3 is 2.52 bits per heavy atom. The van der Waals surface area contributed by atoms with E-state index in [1.165, 1.54) is 0 Å². The number of hydrogen-bond donors (Lipinski definition) is 0. The van der Waals surface area contributed by atoms with Gasteiger partial charge in [0.05, 0.1) is 6.54 Å². The van der Waals surface area contributed by atoms with E-state index in [4.69, 9.17) is 16.0 Å². The highest BCUT2D eigenvalue weighted by molar-refractivity contribution is 7.99. The Morgan fingerprint density at radius 1 is 0.862 bits per heavy atom. The Kier molecular flexibility index (Phi) is 6.53. The van der Waals surface area contributed by atoms with Crippen LogP contribution in [0.1, 0.15) is 19.3 Å². The molecule has 0 saturated carbocycles. The Labute approximate surface area is 177 Å². The Hall–Kier alpha value is -2.71. The largest absolute Gasteiger partial charge is 0.411 e. The summed E-state index contributed by atoms with van der Waals surface area (Å²) in [7, 11) is 0. The van der Waals surface area contributed by atoms with Gasteiger partial charge in [-0.1, -0.05) is 60.1 Å². The number of hydrogen-bond acceptors (Lipinski definition) is 7. The smallest absolute Gasteiger partial charge is 0.276 e. The molecule has 7 nitrogen and oxygen atoms in total. The first-order valence-corrected chi connectivity index (χ1v) is 10.7. The van der Waals surface area contributed by atoms with Gasteiger partial charge >= 0.3 is 0 Å². The molecule has 4 rings (SSSR count). The van der Waals surface area contributed by atoms with E-state index >= 15 is 0 Å². The van der Waals surface area contributed by atoms with Gasteiger partial charge in [0.25, 0.3) is 5.22 Å². The van der Waals surface area contributed by atoms with Crippen LogP contribution in [0.5, 0.6) is 0 Å². The summed E-state index contributed by atoms with van der Waals surface area (Å²) in [6, 6.07) is 17.2. The summed E-state index contributed by atoms with van der Waals surface area (Å²) in [5.41, 5.74) is 1.84. The van der Waals surface area contributed by atoms with Crippen molar-refractivity contribution in [2.24, 2.45) is 0 Å². The van der Waals surface area contributed by atoms with E-state index in [1.807, 2.05) is 42.5 Å². The molecule has 2 aromatic heterocycles. The summed E-state index contributed by atoms with van der Waals surface area (Å²) in [6.45, 7) is 0.756. The Bertz CT molecular complexity index is 1030. The fraction of sp³-hybridized carbons (Fsp3) is 0.250. The summed E-state index contributed by atoms with van der Waals surface area (Å²) in [6.07, 6.45) is 3.10. The van der Waals surface area contributed by atoms with Gasteiger partial charge in [-0.3, -0.25) is 0 Å². The maximum absolute atomic E-state index is 5.90. The molecule has 0 aliphatic carbocycles. The minimum absolute atomic E-state index is 0.510. The Balaban J connectivity index is 1.16. The van der Waals surface area contributed by atoms with Crippen molar-refractivity contribution in [3.05, 3.63) is 59.6 Å². The van der Waals surface area contributed by atoms with Gasteiger partial charge in [0.1, 0.15) is 0 Å². The first kappa shape index (κ1) is 19.6. The average molecular weight is 427 g/mol. The first-order chi connectivity index (χ1) is 14.3. The zero-order chi connectivity index (χ0) is 19.9. The minimum atomic E-state index is 0.510. The molecule has 29 heavy (non-hydrogen) atoms. The van der Waals surface area contributed by atoms with Gasteiger partial charge in [-0.2, -0.15) is 4.80 Å². The molecule has 0 N–H and O–H groups in total. The molecule has 0 aliphatic heterocycles. The van der Waals surface area contributed by atoms with E-state index in [2.05, 4.69) is 25.6 Å². The summed E-state index contributed by atoms with van der Waals surface area (Å²) >= 11 is 7.47. The molecule has 0 amide bonds. The molecule has 0 fully saturated rings. The molecule has 0 saturated heterocycles. The van der Waals surface area contributed by atoms with Crippen molar-refractivity contribution in [2.45, 2.75) is 31.0 Å². The molecule has 0 unspecified atom stereocenters. The van der Waals surface area contributed by atoms with Crippen molar-refractivity contribution in [3.63, 3.8) is 0 Å². The van der Waals surface area contributed by atoms with E-state index in [0.717, 1.165) is 42.7 Å². The molecule has 0 spiro atoms. The number of aryl methyl sites for hydroxylation is 1. The molecule has 9 heteroatoms. The minimum Gasteiger partial charge on any atom is -0.411 e. The maximum Gasteiger partial charge on any atom is 0.276 e. The van der Waals surface area contributed by atoms with Crippen molar-refractivity contribution in [1.29, 1.82) is 0 Å². The second-order valence-electron chi connectivity index (χ2n) is 6.36. The van der Waals surface area contributed by atoms with E-state index in [1.54, 1.807) is 28.7 Å². The number of unbranched alkanes of at least 4 members (excludes halogenated alkanes) is 2. The number of tetrazole rings is 1. The number of thioether (sulfide) groups is 1. The molecule has 148 valence electrons. The standard InChI is InChI=1S/C20H19ClN6OS/c21-17-11-9-16(10-12-17)19-23-24-20(28-19)29-14-6-2-5-13-27-25-18(22-26-27)15-7-3-1-4-8-15/h1,3-4,7-12H,2,5-6,13-14H2. The normalized spacial score (nSPS) is 11.1. The second-order valence-corrected chi connectivity index (χ2v) is 7.85. The van der Waals surface area contributed by atoms with Gasteiger partial charge in [-0.05, 0) is 42.3 Å². The maximum atomic E-state index is 5.90. The molecular weight excluding hydrogens is 408 g/mol. The van der Waals surface area contributed by atoms with Gasteiger partial charge < -0.3 is 4.42 Å². The number of nitrogens with zero attached hydrogens (tertiary/aromatic N) is 6. The van der Waals surface area contributed by atoms with E-state index in [9.17, 15) is 0 Å². The van der Waals surface area contributed by atoms with Crippen LogP contribution in [-0.4, -0.2) is 36.2 Å². The van der Waals surface area contributed by atoms with Crippen molar-refractivity contribution in [1.82, 2.24) is 30.4 Å². The predicted molar refractivity (Wildman–Crippen MR) is 113 cm³/mol. The summed E-state index contributed by atoms with van der Waals surface area (Å²) in [5.74, 6) is 2.09. The van der Waals surface area contributed by atoms with Crippen LogP contribution in [0.3, 0.4) is 0 Å². The lowest BCUT2D eigenvalue weighted by Crippen LogP contribution is -2.02. The van der Waals surface area contributed by atoms with Crippen LogP contribution in [0.2, 0.25) is 5.02 Å². The van der Waals surface area contributed by atoms with E-state index < -0.39 is 0 Å². The third-order valence-electron chi connectivity index (χ3n) is 4.21. The highest BCUT2D eigenvalue weighted by Gasteiger charge is 2.09. The van der Waals surface area contributed by atoms with Crippen LogP contribution in [-0.2, 0) is 6.54 Å². The number of halogens is 1. The van der Waals surface area contributed by atoms with Crippen molar-refractivity contribution in [2.75, 3.05) is 5.75 Å². The van der Waals surface area contributed by atoms with Gasteiger partial charge in [-0.15, -0.1) is 20.4 Å². The van der Waals surface area contributed by atoms with Crippen molar-refractivity contribution in [3.8, 4) is 22.8 Å². The van der Waals surface area contributed by atoms with Crippen LogP contribution >= 0.6 is 23.4 Å². The third-order valence-corrected chi connectivity index (χ3v) is 5.37. The molecular formula is C20H19ClN6OS. The van der Waals surface area contributed by atoms with Gasteiger partial charge in [0, 0.05) is 21.9 Å². The number of rotatable bonds is 9. The lowest BCUT2D eigenvalue weighted by Gasteiger charge is -1.99. The molecule has 2 aromatic carbocycles.